The lowest BCUT2D eigenvalue weighted by molar-refractivity contribution is 0.107. The standard InChI is InChI=1S/C8H6ClFO3S/c1-14(12,13)7-5(8(9)11)3-2-4-6(7)10/h2-4H,1H3. The number of halogens is 2. The molecule has 0 N–H and O–H groups in total. The van der Waals surface area contributed by atoms with E-state index >= 15 is 0 Å². The topological polar surface area (TPSA) is 51.2 Å². The zero-order valence-corrected chi connectivity index (χ0v) is 8.69. The smallest absolute Gasteiger partial charge is 0.253 e. The third kappa shape index (κ3) is 2.10. The third-order valence-corrected chi connectivity index (χ3v) is 2.91. The Labute approximate surface area is 85.4 Å². The first-order valence-corrected chi connectivity index (χ1v) is 5.79. The second kappa shape index (κ2) is 3.67. The van der Waals surface area contributed by atoms with Crippen molar-refractivity contribution < 1.29 is 17.6 Å². The summed E-state index contributed by atoms with van der Waals surface area (Å²) in [6.07, 6.45) is 0.814. The molecule has 0 aromatic heterocycles. The van der Waals surface area contributed by atoms with Crippen LogP contribution in [0.4, 0.5) is 4.39 Å². The molecule has 0 aliphatic carbocycles. The molecule has 1 aromatic rings. The van der Waals surface area contributed by atoms with Crippen molar-refractivity contribution in [3.63, 3.8) is 0 Å². The van der Waals surface area contributed by atoms with Crippen LogP contribution in [-0.4, -0.2) is 19.9 Å². The van der Waals surface area contributed by atoms with Crippen molar-refractivity contribution in [3.05, 3.63) is 29.6 Å². The van der Waals surface area contributed by atoms with E-state index in [1.54, 1.807) is 0 Å². The minimum Gasteiger partial charge on any atom is -0.276 e. The Balaban J connectivity index is 3.62. The van der Waals surface area contributed by atoms with Crippen LogP contribution in [0.25, 0.3) is 0 Å². The lowest BCUT2D eigenvalue weighted by atomic mass is 10.2. The van der Waals surface area contributed by atoms with Crippen LogP contribution in [0.5, 0.6) is 0 Å². The largest absolute Gasteiger partial charge is 0.276 e. The van der Waals surface area contributed by atoms with Gasteiger partial charge in [0.2, 0.25) is 0 Å². The highest BCUT2D eigenvalue weighted by molar-refractivity contribution is 7.90. The van der Waals surface area contributed by atoms with Gasteiger partial charge < -0.3 is 0 Å². The molecule has 0 saturated carbocycles. The van der Waals surface area contributed by atoms with Gasteiger partial charge >= 0.3 is 0 Å². The van der Waals surface area contributed by atoms with Crippen LogP contribution in [0.15, 0.2) is 23.1 Å². The summed E-state index contributed by atoms with van der Waals surface area (Å²) in [4.78, 5) is 10.1. The first-order chi connectivity index (χ1) is 6.34. The first-order valence-electron chi connectivity index (χ1n) is 3.52. The molecule has 0 fully saturated rings. The Morgan fingerprint density at radius 3 is 2.36 bits per heavy atom. The number of benzene rings is 1. The van der Waals surface area contributed by atoms with Crippen molar-refractivity contribution in [1.29, 1.82) is 0 Å². The molecule has 0 aliphatic heterocycles. The van der Waals surface area contributed by atoms with Crippen LogP contribution >= 0.6 is 11.6 Å². The number of carbonyl (C=O) groups is 1. The zero-order valence-electron chi connectivity index (χ0n) is 7.12. The number of hydrogen-bond donors (Lipinski definition) is 0. The van der Waals surface area contributed by atoms with Crippen LogP contribution in [0.3, 0.4) is 0 Å². The van der Waals surface area contributed by atoms with Gasteiger partial charge in [0.15, 0.2) is 9.84 Å². The van der Waals surface area contributed by atoms with Crippen LogP contribution in [-0.2, 0) is 9.84 Å². The summed E-state index contributed by atoms with van der Waals surface area (Å²) in [7, 11) is -3.79. The highest BCUT2D eigenvalue weighted by Crippen LogP contribution is 2.20. The average Bonchev–Trinajstić information content (AvgIpc) is 2.01. The molecule has 0 saturated heterocycles. The van der Waals surface area contributed by atoms with E-state index < -0.39 is 25.8 Å². The van der Waals surface area contributed by atoms with Crippen LogP contribution in [0.1, 0.15) is 10.4 Å². The Kier molecular flexibility index (Phi) is 2.92. The fourth-order valence-corrected chi connectivity index (χ4v) is 2.24. The average molecular weight is 237 g/mol. The fourth-order valence-electron chi connectivity index (χ4n) is 1.04. The SMILES string of the molecule is CS(=O)(=O)c1c(F)cccc1C(=O)Cl. The molecule has 0 atom stereocenters. The first kappa shape index (κ1) is 11.1. The molecule has 0 heterocycles. The summed E-state index contributed by atoms with van der Waals surface area (Å²) in [6, 6.07) is 3.34. The Hall–Kier alpha value is -0.940. The summed E-state index contributed by atoms with van der Waals surface area (Å²) in [5.41, 5.74) is -0.339. The maximum atomic E-state index is 13.1. The zero-order chi connectivity index (χ0) is 10.9. The minimum atomic E-state index is -3.79. The molecule has 0 spiro atoms. The summed E-state index contributed by atoms with van der Waals surface area (Å²) >= 11 is 5.12. The second-order valence-electron chi connectivity index (χ2n) is 2.66. The molecular weight excluding hydrogens is 231 g/mol. The molecule has 1 aromatic carbocycles. The van der Waals surface area contributed by atoms with Crippen molar-refractivity contribution in [1.82, 2.24) is 0 Å². The van der Waals surface area contributed by atoms with Crippen molar-refractivity contribution in [2.24, 2.45) is 0 Å². The van der Waals surface area contributed by atoms with E-state index in [0.29, 0.717) is 0 Å². The molecule has 0 radical (unpaired) electrons. The minimum absolute atomic E-state index is 0.339. The molecule has 0 amide bonds. The molecular formula is C8H6ClFO3S. The molecule has 6 heteroatoms. The Bertz CT molecular complexity index is 481. The van der Waals surface area contributed by atoms with Gasteiger partial charge in [-0.15, -0.1) is 0 Å². The molecule has 3 nitrogen and oxygen atoms in total. The van der Waals surface area contributed by atoms with Crippen molar-refractivity contribution in [3.8, 4) is 0 Å². The van der Waals surface area contributed by atoms with Crippen molar-refractivity contribution in [2.45, 2.75) is 4.90 Å². The number of carbonyl (C=O) groups excluding carboxylic acids is 1. The number of sulfone groups is 1. The molecule has 0 aliphatic rings. The number of hydrogen-bond acceptors (Lipinski definition) is 3. The molecule has 1 rings (SSSR count). The maximum Gasteiger partial charge on any atom is 0.253 e. The summed E-state index contributed by atoms with van der Waals surface area (Å²) < 4.78 is 35.4. The molecule has 76 valence electrons. The van der Waals surface area contributed by atoms with Crippen molar-refractivity contribution >= 4 is 26.7 Å². The van der Waals surface area contributed by atoms with E-state index in [4.69, 9.17) is 11.6 Å². The normalized spacial score (nSPS) is 11.4. The van der Waals surface area contributed by atoms with E-state index in [0.717, 1.165) is 18.4 Å². The van der Waals surface area contributed by atoms with E-state index in [1.165, 1.54) is 6.07 Å². The van der Waals surface area contributed by atoms with E-state index in [2.05, 4.69) is 0 Å². The molecule has 0 unspecified atom stereocenters. The number of rotatable bonds is 2. The van der Waals surface area contributed by atoms with Crippen molar-refractivity contribution in [2.75, 3.05) is 6.26 Å². The van der Waals surface area contributed by atoms with Gasteiger partial charge in [-0.1, -0.05) is 6.07 Å². The highest BCUT2D eigenvalue weighted by atomic mass is 35.5. The van der Waals surface area contributed by atoms with Crippen LogP contribution < -0.4 is 0 Å². The van der Waals surface area contributed by atoms with E-state index in [1.807, 2.05) is 0 Å². The van der Waals surface area contributed by atoms with Gasteiger partial charge in [0.1, 0.15) is 10.7 Å². The predicted molar refractivity (Wildman–Crippen MR) is 49.7 cm³/mol. The lowest BCUT2D eigenvalue weighted by Gasteiger charge is -2.04. The van der Waals surface area contributed by atoms with E-state index in [-0.39, 0.29) is 5.56 Å². The highest BCUT2D eigenvalue weighted by Gasteiger charge is 2.21. The van der Waals surface area contributed by atoms with Gasteiger partial charge in [-0.3, -0.25) is 4.79 Å². The Morgan fingerprint density at radius 1 is 1.43 bits per heavy atom. The quantitative estimate of drug-likeness (QED) is 0.733. The Morgan fingerprint density at radius 2 is 2.00 bits per heavy atom. The lowest BCUT2D eigenvalue weighted by Crippen LogP contribution is -2.07. The maximum absolute atomic E-state index is 13.1. The molecule has 14 heavy (non-hydrogen) atoms. The van der Waals surface area contributed by atoms with Gasteiger partial charge in [0.25, 0.3) is 5.24 Å². The third-order valence-electron chi connectivity index (χ3n) is 1.55. The van der Waals surface area contributed by atoms with Gasteiger partial charge in [0.05, 0.1) is 5.56 Å². The van der Waals surface area contributed by atoms with E-state index in [9.17, 15) is 17.6 Å². The van der Waals surface area contributed by atoms with Gasteiger partial charge in [-0.2, -0.15) is 0 Å². The summed E-state index contributed by atoms with van der Waals surface area (Å²) in [5.74, 6) is -0.973. The van der Waals surface area contributed by atoms with Crippen LogP contribution in [0.2, 0.25) is 0 Å². The molecule has 0 bridgehead atoms. The van der Waals surface area contributed by atoms with Crippen LogP contribution in [0, 0.1) is 5.82 Å². The van der Waals surface area contributed by atoms with Gasteiger partial charge in [-0.25, -0.2) is 12.8 Å². The van der Waals surface area contributed by atoms with Gasteiger partial charge in [0, 0.05) is 6.26 Å². The summed E-state index contributed by atoms with van der Waals surface area (Å²) in [6.45, 7) is 0. The fraction of sp³-hybridized carbons (Fsp3) is 0.125. The van der Waals surface area contributed by atoms with Gasteiger partial charge in [-0.05, 0) is 23.7 Å². The monoisotopic (exact) mass is 236 g/mol. The predicted octanol–water partition coefficient (Wildman–Crippen LogP) is 1.61. The summed E-state index contributed by atoms with van der Waals surface area (Å²) in [5, 5.41) is -0.995. The second-order valence-corrected chi connectivity index (χ2v) is 4.96.